The Kier molecular flexibility index (Phi) is 2.30. The van der Waals surface area contributed by atoms with Crippen LogP contribution in [0.3, 0.4) is 0 Å². The van der Waals surface area contributed by atoms with E-state index in [0.717, 1.165) is 33.1 Å². The summed E-state index contributed by atoms with van der Waals surface area (Å²) in [5.41, 5.74) is 9.74. The number of carbonyl (C=O) groups excluding carboxylic acids is 1. The number of hydrogen-bond acceptors (Lipinski definition) is 2. The molecule has 0 atom stereocenters. The number of hydrogen-bond donors (Lipinski definition) is 1. The lowest BCUT2D eigenvalue weighted by atomic mass is 10.0. The Morgan fingerprint density at radius 3 is 2.48 bits per heavy atom. The molecule has 0 aliphatic carbocycles. The number of amides is 1. The highest BCUT2D eigenvalue weighted by atomic mass is 16.1. The van der Waals surface area contributed by atoms with Crippen LogP contribution in [0.1, 0.15) is 16.1 Å². The third-order valence-electron chi connectivity index (χ3n) is 3.94. The summed E-state index contributed by atoms with van der Waals surface area (Å²) in [6, 6.07) is 15.7. The van der Waals surface area contributed by atoms with Crippen molar-refractivity contribution in [3.63, 3.8) is 0 Å². The number of pyridine rings is 1. The summed E-state index contributed by atoms with van der Waals surface area (Å²) in [6.45, 7) is 1.91. The van der Waals surface area contributed by atoms with Gasteiger partial charge in [0.1, 0.15) is 5.65 Å². The van der Waals surface area contributed by atoms with Crippen LogP contribution in [0.5, 0.6) is 0 Å². The van der Waals surface area contributed by atoms with E-state index in [1.54, 1.807) is 0 Å². The van der Waals surface area contributed by atoms with Crippen LogP contribution in [0.4, 0.5) is 0 Å². The average molecular weight is 275 g/mol. The normalized spacial score (nSPS) is 11.5. The van der Waals surface area contributed by atoms with E-state index in [4.69, 9.17) is 10.7 Å². The van der Waals surface area contributed by atoms with Gasteiger partial charge < -0.3 is 5.73 Å². The van der Waals surface area contributed by atoms with Crippen molar-refractivity contribution in [3.8, 4) is 0 Å². The maximum absolute atomic E-state index is 11.9. The molecule has 0 aliphatic rings. The highest BCUT2D eigenvalue weighted by molar-refractivity contribution is 6.11. The van der Waals surface area contributed by atoms with Crippen molar-refractivity contribution in [2.75, 3.05) is 0 Å². The highest BCUT2D eigenvalue weighted by Crippen LogP contribution is 2.29. The second-order valence-corrected chi connectivity index (χ2v) is 5.13. The standard InChI is InChI=1S/C17H13N3O/c1-10-15(16(18)21)11-6-2-3-7-12(11)17-19-13-8-4-5-9-14(13)20(10)17/h2-9H,1H3,(H2,18,21). The van der Waals surface area contributed by atoms with Crippen LogP contribution in [0.25, 0.3) is 27.5 Å². The molecule has 0 fully saturated rings. The molecule has 0 bridgehead atoms. The average Bonchev–Trinajstić information content (AvgIpc) is 2.87. The number of nitrogens with two attached hydrogens (primary N) is 1. The lowest BCUT2D eigenvalue weighted by molar-refractivity contribution is 0.100. The zero-order chi connectivity index (χ0) is 14.6. The van der Waals surface area contributed by atoms with E-state index in [1.165, 1.54) is 0 Å². The largest absolute Gasteiger partial charge is 0.366 e. The molecule has 4 nitrogen and oxygen atoms in total. The SMILES string of the molecule is Cc1c(C(N)=O)c2ccccc2c2nc3ccccc3n12. The first-order chi connectivity index (χ1) is 10.2. The Balaban J connectivity index is 2.39. The molecule has 2 heterocycles. The number of aryl methyl sites for hydroxylation is 1. The van der Waals surface area contributed by atoms with Gasteiger partial charge in [0.2, 0.25) is 0 Å². The Morgan fingerprint density at radius 1 is 1.05 bits per heavy atom. The molecule has 4 rings (SSSR count). The zero-order valence-electron chi connectivity index (χ0n) is 11.5. The number of nitrogens with zero attached hydrogens (tertiary/aromatic N) is 2. The number of primary amides is 1. The first-order valence-electron chi connectivity index (χ1n) is 6.77. The van der Waals surface area contributed by atoms with Crippen LogP contribution >= 0.6 is 0 Å². The fraction of sp³-hybridized carbons (Fsp3) is 0.0588. The van der Waals surface area contributed by atoms with Crippen LogP contribution in [0, 0.1) is 6.92 Å². The summed E-state index contributed by atoms with van der Waals surface area (Å²) in [6.07, 6.45) is 0. The van der Waals surface area contributed by atoms with Gasteiger partial charge >= 0.3 is 0 Å². The minimum absolute atomic E-state index is 0.414. The Morgan fingerprint density at radius 2 is 1.71 bits per heavy atom. The van der Waals surface area contributed by atoms with E-state index in [-0.39, 0.29) is 0 Å². The number of imidazole rings is 1. The van der Waals surface area contributed by atoms with E-state index in [0.29, 0.717) is 5.56 Å². The number of benzene rings is 2. The van der Waals surface area contributed by atoms with Gasteiger partial charge in [-0.25, -0.2) is 4.98 Å². The lowest BCUT2D eigenvalue weighted by Crippen LogP contribution is -2.15. The Bertz CT molecular complexity index is 1030. The van der Waals surface area contributed by atoms with Crippen LogP contribution in [-0.4, -0.2) is 15.3 Å². The molecule has 2 aromatic carbocycles. The molecular formula is C17H13N3O. The smallest absolute Gasteiger partial charge is 0.251 e. The second-order valence-electron chi connectivity index (χ2n) is 5.13. The quantitative estimate of drug-likeness (QED) is 0.580. The van der Waals surface area contributed by atoms with Crippen molar-refractivity contribution in [1.82, 2.24) is 9.38 Å². The number of rotatable bonds is 1. The lowest BCUT2D eigenvalue weighted by Gasteiger charge is -2.11. The van der Waals surface area contributed by atoms with E-state index in [1.807, 2.05) is 59.9 Å². The fourth-order valence-corrected chi connectivity index (χ4v) is 3.06. The number of fused-ring (bicyclic) bond motifs is 5. The van der Waals surface area contributed by atoms with Crippen molar-refractivity contribution >= 4 is 33.4 Å². The summed E-state index contributed by atoms with van der Waals surface area (Å²) in [5.74, 6) is -0.414. The van der Waals surface area contributed by atoms with E-state index in [2.05, 4.69) is 0 Å². The van der Waals surface area contributed by atoms with Crippen molar-refractivity contribution in [2.45, 2.75) is 6.92 Å². The highest BCUT2D eigenvalue weighted by Gasteiger charge is 2.18. The van der Waals surface area contributed by atoms with Gasteiger partial charge in [0.25, 0.3) is 5.91 Å². The molecule has 0 unspecified atom stereocenters. The maximum Gasteiger partial charge on any atom is 0.251 e. The molecular weight excluding hydrogens is 262 g/mol. The van der Waals surface area contributed by atoms with Gasteiger partial charge in [-0.2, -0.15) is 0 Å². The summed E-state index contributed by atoms with van der Waals surface area (Å²) < 4.78 is 2.01. The Hall–Kier alpha value is -2.88. The van der Waals surface area contributed by atoms with Gasteiger partial charge in [-0.3, -0.25) is 9.20 Å². The Labute approximate surface area is 120 Å². The first kappa shape index (κ1) is 11.9. The maximum atomic E-state index is 11.9. The number of para-hydroxylation sites is 2. The van der Waals surface area contributed by atoms with Gasteiger partial charge in [0.05, 0.1) is 16.6 Å². The van der Waals surface area contributed by atoms with Gasteiger partial charge in [0, 0.05) is 11.1 Å². The summed E-state index contributed by atoms with van der Waals surface area (Å²) in [7, 11) is 0. The van der Waals surface area contributed by atoms with Crippen LogP contribution in [-0.2, 0) is 0 Å². The molecule has 2 aromatic heterocycles. The molecule has 102 valence electrons. The summed E-state index contributed by atoms with van der Waals surface area (Å²) >= 11 is 0. The van der Waals surface area contributed by atoms with Crippen molar-refractivity contribution in [2.24, 2.45) is 5.73 Å². The molecule has 0 saturated heterocycles. The fourth-order valence-electron chi connectivity index (χ4n) is 3.06. The molecule has 21 heavy (non-hydrogen) atoms. The first-order valence-corrected chi connectivity index (χ1v) is 6.77. The van der Waals surface area contributed by atoms with Crippen LogP contribution in [0.2, 0.25) is 0 Å². The third kappa shape index (κ3) is 1.50. The number of aromatic nitrogens is 2. The molecule has 2 N–H and O–H groups in total. The van der Waals surface area contributed by atoms with Crippen molar-refractivity contribution in [3.05, 3.63) is 59.8 Å². The monoisotopic (exact) mass is 275 g/mol. The van der Waals surface area contributed by atoms with Gasteiger partial charge in [0.15, 0.2) is 0 Å². The minimum atomic E-state index is -0.414. The zero-order valence-corrected chi connectivity index (χ0v) is 11.5. The van der Waals surface area contributed by atoms with Gasteiger partial charge in [-0.15, -0.1) is 0 Å². The van der Waals surface area contributed by atoms with Gasteiger partial charge in [-0.05, 0) is 24.4 Å². The van der Waals surface area contributed by atoms with Crippen LogP contribution in [0.15, 0.2) is 48.5 Å². The summed E-state index contributed by atoms with van der Waals surface area (Å²) in [4.78, 5) is 16.6. The molecule has 0 aliphatic heterocycles. The number of carbonyl (C=O) groups is 1. The van der Waals surface area contributed by atoms with E-state index >= 15 is 0 Å². The predicted molar refractivity (Wildman–Crippen MR) is 83.5 cm³/mol. The predicted octanol–water partition coefficient (Wildman–Crippen LogP) is 3.05. The summed E-state index contributed by atoms with van der Waals surface area (Å²) in [5, 5.41) is 1.79. The van der Waals surface area contributed by atoms with E-state index < -0.39 is 5.91 Å². The minimum Gasteiger partial charge on any atom is -0.366 e. The van der Waals surface area contributed by atoms with Crippen molar-refractivity contribution < 1.29 is 4.79 Å². The second kappa shape index (κ2) is 4.06. The van der Waals surface area contributed by atoms with Crippen molar-refractivity contribution in [1.29, 1.82) is 0 Å². The molecule has 4 heteroatoms. The topological polar surface area (TPSA) is 60.4 Å². The molecule has 0 radical (unpaired) electrons. The molecule has 4 aromatic rings. The molecule has 0 spiro atoms. The van der Waals surface area contributed by atoms with Crippen LogP contribution < -0.4 is 5.73 Å². The third-order valence-corrected chi connectivity index (χ3v) is 3.94. The molecule has 1 amide bonds. The van der Waals surface area contributed by atoms with Gasteiger partial charge in [-0.1, -0.05) is 36.4 Å². The molecule has 0 saturated carbocycles. The van der Waals surface area contributed by atoms with E-state index in [9.17, 15) is 4.79 Å².